The average Bonchev–Trinajstić information content (AvgIpc) is 1.88. The van der Waals surface area contributed by atoms with Gasteiger partial charge < -0.3 is 4.74 Å². The molecular weight excluding hydrogens is 132 g/mol. The summed E-state index contributed by atoms with van der Waals surface area (Å²) in [4.78, 5) is 0. The average molecular weight is 145 g/mol. The van der Waals surface area contributed by atoms with Crippen LogP contribution in [0.4, 0.5) is 0 Å². The van der Waals surface area contributed by atoms with Gasteiger partial charge in [-0.3, -0.25) is 0 Å². The lowest BCUT2D eigenvalue weighted by Crippen LogP contribution is -2.08. The minimum atomic E-state index is 0.299. The van der Waals surface area contributed by atoms with E-state index in [0.717, 1.165) is 19.3 Å². The van der Waals surface area contributed by atoms with Crippen molar-refractivity contribution >= 4 is 17.8 Å². The second-order valence-electron chi connectivity index (χ2n) is 2.02. The predicted octanol–water partition coefficient (Wildman–Crippen LogP) is 2.42. The molecule has 0 aliphatic heterocycles. The standard InChI is InChI=1S/C7H13OS/c1-3-5-7(4-2)8-6-9/h7H,3-5H2,1-2H3. The van der Waals surface area contributed by atoms with Gasteiger partial charge in [-0.15, -0.1) is 0 Å². The van der Waals surface area contributed by atoms with Crippen LogP contribution in [0.15, 0.2) is 0 Å². The molecule has 53 valence electrons. The minimum Gasteiger partial charge on any atom is -0.477 e. The van der Waals surface area contributed by atoms with E-state index in [-0.39, 0.29) is 0 Å². The van der Waals surface area contributed by atoms with Gasteiger partial charge in [0.05, 0.1) is 6.10 Å². The van der Waals surface area contributed by atoms with Crippen LogP contribution in [-0.4, -0.2) is 11.7 Å². The molecule has 0 spiro atoms. The van der Waals surface area contributed by atoms with Gasteiger partial charge in [0.1, 0.15) is 0 Å². The summed E-state index contributed by atoms with van der Waals surface area (Å²) in [6.45, 7) is 4.22. The molecule has 2 heteroatoms. The zero-order valence-electron chi connectivity index (χ0n) is 6.02. The Kier molecular flexibility index (Phi) is 5.94. The summed E-state index contributed by atoms with van der Waals surface area (Å²) in [6.07, 6.45) is 3.56. The summed E-state index contributed by atoms with van der Waals surface area (Å²) in [6, 6.07) is 0. The number of rotatable bonds is 5. The highest BCUT2D eigenvalue weighted by Crippen LogP contribution is 2.04. The van der Waals surface area contributed by atoms with Crippen molar-refractivity contribution in [2.75, 3.05) is 0 Å². The van der Waals surface area contributed by atoms with Crippen LogP contribution >= 0.6 is 12.2 Å². The summed E-state index contributed by atoms with van der Waals surface area (Å²) in [5.41, 5.74) is 2.29. The van der Waals surface area contributed by atoms with E-state index in [1.807, 2.05) is 0 Å². The van der Waals surface area contributed by atoms with Gasteiger partial charge in [0.2, 0.25) is 5.55 Å². The number of thiocarbonyl (C=S) groups is 1. The molecule has 0 amide bonds. The van der Waals surface area contributed by atoms with Crippen LogP contribution in [0.3, 0.4) is 0 Å². The van der Waals surface area contributed by atoms with E-state index >= 15 is 0 Å². The summed E-state index contributed by atoms with van der Waals surface area (Å²) < 4.78 is 5.00. The quantitative estimate of drug-likeness (QED) is 0.549. The van der Waals surface area contributed by atoms with E-state index in [2.05, 4.69) is 31.6 Å². The first-order valence-corrected chi connectivity index (χ1v) is 3.78. The van der Waals surface area contributed by atoms with Crippen molar-refractivity contribution in [1.82, 2.24) is 0 Å². The largest absolute Gasteiger partial charge is 0.477 e. The lowest BCUT2D eigenvalue weighted by atomic mass is 10.2. The SMILES string of the molecule is CCCC(CC)O[C]=S. The molecule has 1 atom stereocenters. The Morgan fingerprint density at radius 3 is 2.56 bits per heavy atom. The second-order valence-corrected chi connectivity index (χ2v) is 2.19. The Morgan fingerprint density at radius 1 is 1.56 bits per heavy atom. The van der Waals surface area contributed by atoms with Crippen LogP contribution in [-0.2, 0) is 4.74 Å². The number of hydrogen-bond acceptors (Lipinski definition) is 2. The zero-order valence-corrected chi connectivity index (χ0v) is 6.83. The normalized spacial score (nSPS) is 12.7. The molecule has 0 bridgehead atoms. The van der Waals surface area contributed by atoms with Gasteiger partial charge >= 0.3 is 0 Å². The van der Waals surface area contributed by atoms with E-state index in [1.54, 1.807) is 0 Å². The van der Waals surface area contributed by atoms with Gasteiger partial charge in [0.15, 0.2) is 0 Å². The predicted molar refractivity (Wildman–Crippen MR) is 42.7 cm³/mol. The van der Waals surface area contributed by atoms with E-state index in [1.165, 1.54) is 0 Å². The molecule has 0 saturated carbocycles. The van der Waals surface area contributed by atoms with Crippen LogP contribution in [0.5, 0.6) is 0 Å². The Bertz CT molecular complexity index is 73.3. The fourth-order valence-corrected chi connectivity index (χ4v) is 0.872. The number of hydrogen-bond donors (Lipinski definition) is 0. The topological polar surface area (TPSA) is 9.23 Å². The van der Waals surface area contributed by atoms with Crippen LogP contribution in [0.2, 0.25) is 0 Å². The zero-order chi connectivity index (χ0) is 7.11. The van der Waals surface area contributed by atoms with Crippen molar-refractivity contribution in [3.63, 3.8) is 0 Å². The third-order valence-electron chi connectivity index (χ3n) is 1.28. The van der Waals surface area contributed by atoms with Crippen molar-refractivity contribution in [3.05, 3.63) is 0 Å². The fourth-order valence-electron chi connectivity index (χ4n) is 0.736. The van der Waals surface area contributed by atoms with E-state index in [0.29, 0.717) is 6.10 Å². The monoisotopic (exact) mass is 145 g/mol. The van der Waals surface area contributed by atoms with Crippen LogP contribution < -0.4 is 0 Å². The molecule has 9 heavy (non-hydrogen) atoms. The molecule has 0 heterocycles. The summed E-state index contributed by atoms with van der Waals surface area (Å²) >= 11 is 4.44. The lowest BCUT2D eigenvalue weighted by Gasteiger charge is -2.10. The first-order valence-electron chi connectivity index (χ1n) is 3.37. The third-order valence-corrected chi connectivity index (χ3v) is 1.38. The van der Waals surface area contributed by atoms with Gasteiger partial charge in [-0.05, 0) is 25.1 Å². The van der Waals surface area contributed by atoms with Gasteiger partial charge in [0.25, 0.3) is 0 Å². The first-order chi connectivity index (χ1) is 4.35. The lowest BCUT2D eigenvalue weighted by molar-refractivity contribution is 0.188. The van der Waals surface area contributed by atoms with Gasteiger partial charge in [-0.25, -0.2) is 0 Å². The molecule has 0 aliphatic rings. The van der Waals surface area contributed by atoms with Crippen LogP contribution in [0.25, 0.3) is 0 Å². The molecule has 0 fully saturated rings. The molecule has 0 saturated heterocycles. The molecule has 0 aromatic carbocycles. The molecular formula is C7H13OS. The number of ether oxygens (including phenoxy) is 1. The Morgan fingerprint density at radius 2 is 2.22 bits per heavy atom. The highest BCUT2D eigenvalue weighted by Gasteiger charge is 2.01. The molecule has 0 aliphatic carbocycles. The first kappa shape index (κ1) is 8.89. The molecule has 0 aromatic heterocycles. The van der Waals surface area contributed by atoms with E-state index in [9.17, 15) is 0 Å². The van der Waals surface area contributed by atoms with Crippen LogP contribution in [0.1, 0.15) is 33.1 Å². The summed E-state index contributed by atoms with van der Waals surface area (Å²) in [7, 11) is 0. The fraction of sp³-hybridized carbons (Fsp3) is 0.857. The molecule has 0 rings (SSSR count). The van der Waals surface area contributed by atoms with Gasteiger partial charge in [-0.2, -0.15) is 0 Å². The summed E-state index contributed by atoms with van der Waals surface area (Å²) in [5, 5.41) is 0. The van der Waals surface area contributed by atoms with E-state index < -0.39 is 0 Å². The van der Waals surface area contributed by atoms with Crippen molar-refractivity contribution < 1.29 is 4.74 Å². The summed E-state index contributed by atoms with van der Waals surface area (Å²) in [5.74, 6) is 0. The van der Waals surface area contributed by atoms with Crippen molar-refractivity contribution in [3.8, 4) is 0 Å². The molecule has 1 unspecified atom stereocenters. The highest BCUT2D eigenvalue weighted by atomic mass is 32.1. The highest BCUT2D eigenvalue weighted by molar-refractivity contribution is 7.78. The van der Waals surface area contributed by atoms with Gasteiger partial charge in [-0.1, -0.05) is 20.3 Å². The molecule has 1 nitrogen and oxygen atoms in total. The Labute approximate surface area is 62.4 Å². The van der Waals surface area contributed by atoms with Crippen molar-refractivity contribution in [2.24, 2.45) is 0 Å². The maximum Gasteiger partial charge on any atom is 0.239 e. The van der Waals surface area contributed by atoms with E-state index in [4.69, 9.17) is 4.74 Å². The smallest absolute Gasteiger partial charge is 0.239 e. The van der Waals surface area contributed by atoms with Crippen LogP contribution in [0, 0.1) is 0 Å². The Balaban J connectivity index is 3.28. The molecule has 0 N–H and O–H groups in total. The maximum atomic E-state index is 5.00. The molecule has 0 aromatic rings. The van der Waals surface area contributed by atoms with Crippen molar-refractivity contribution in [2.45, 2.75) is 39.2 Å². The minimum absolute atomic E-state index is 0.299. The Hall–Kier alpha value is -0.110. The molecule has 1 radical (unpaired) electrons. The maximum absolute atomic E-state index is 5.00. The third kappa shape index (κ3) is 4.40. The van der Waals surface area contributed by atoms with Gasteiger partial charge in [0, 0.05) is 0 Å². The second kappa shape index (κ2) is 6.02. The van der Waals surface area contributed by atoms with Crippen molar-refractivity contribution in [1.29, 1.82) is 0 Å².